The number of aromatic nitrogens is 2. The third kappa shape index (κ3) is 2.47. The molecule has 0 amide bonds. The summed E-state index contributed by atoms with van der Waals surface area (Å²) >= 11 is 0. The van der Waals surface area contributed by atoms with Crippen LogP contribution in [0.15, 0.2) is 42.7 Å². The third-order valence-corrected chi connectivity index (χ3v) is 2.04. The van der Waals surface area contributed by atoms with Crippen LogP contribution in [-0.2, 0) is 0 Å². The van der Waals surface area contributed by atoms with Gasteiger partial charge in [-0.3, -0.25) is 0 Å². The first kappa shape index (κ1) is 9.52. The van der Waals surface area contributed by atoms with Gasteiger partial charge in [-0.25, -0.2) is 4.68 Å². The van der Waals surface area contributed by atoms with Crippen molar-refractivity contribution in [3.63, 3.8) is 0 Å². The van der Waals surface area contributed by atoms with E-state index < -0.39 is 0 Å². The highest BCUT2D eigenvalue weighted by atomic mass is 16.5. The number of nitrogens with zero attached hydrogens (tertiary/aromatic N) is 2. The van der Waals surface area contributed by atoms with Crippen molar-refractivity contribution in [2.24, 2.45) is 0 Å². The van der Waals surface area contributed by atoms with Gasteiger partial charge in [0, 0.05) is 18.6 Å². The molecule has 0 aliphatic carbocycles. The van der Waals surface area contributed by atoms with E-state index in [2.05, 4.69) is 5.10 Å². The maximum Gasteiger partial charge on any atom is 0.119 e. The van der Waals surface area contributed by atoms with Gasteiger partial charge in [0.1, 0.15) is 5.75 Å². The number of hydrogen-bond donors (Lipinski definition) is 0. The van der Waals surface area contributed by atoms with Crippen LogP contribution in [0, 0.1) is 0 Å². The summed E-state index contributed by atoms with van der Waals surface area (Å²) in [6.45, 7) is 0. The fourth-order valence-electron chi connectivity index (χ4n) is 1.28. The second-order valence-corrected chi connectivity index (χ2v) is 3.08. The lowest BCUT2D eigenvalue weighted by molar-refractivity contribution is 0.414. The van der Waals surface area contributed by atoms with E-state index in [0.29, 0.717) is 0 Å². The molecule has 0 bridgehead atoms. The smallest absolute Gasteiger partial charge is 0.119 e. The Morgan fingerprint density at radius 1 is 1.33 bits per heavy atom. The summed E-state index contributed by atoms with van der Waals surface area (Å²) in [4.78, 5) is 0. The Labute approximate surface area is 88.6 Å². The van der Waals surface area contributed by atoms with E-state index in [1.165, 1.54) is 0 Å². The molecule has 1 aromatic heterocycles. The lowest BCUT2D eigenvalue weighted by Gasteiger charge is -1.99. The third-order valence-electron chi connectivity index (χ3n) is 2.04. The molecule has 0 unspecified atom stereocenters. The van der Waals surface area contributed by atoms with Crippen molar-refractivity contribution < 1.29 is 4.74 Å². The van der Waals surface area contributed by atoms with E-state index in [0.717, 1.165) is 11.3 Å². The summed E-state index contributed by atoms with van der Waals surface area (Å²) in [6.07, 6.45) is 7.51. The van der Waals surface area contributed by atoms with Crippen LogP contribution in [0.2, 0.25) is 0 Å². The summed E-state index contributed by atoms with van der Waals surface area (Å²) in [6, 6.07) is 9.76. The minimum absolute atomic E-state index is 0.859. The number of rotatable bonds is 3. The largest absolute Gasteiger partial charge is 0.497 e. The Bertz CT molecular complexity index is 446. The van der Waals surface area contributed by atoms with Crippen molar-refractivity contribution in [1.29, 1.82) is 0 Å². The van der Waals surface area contributed by atoms with Crippen molar-refractivity contribution >= 4 is 12.3 Å². The molecule has 0 N–H and O–H groups in total. The minimum atomic E-state index is 0.859. The quantitative estimate of drug-likeness (QED) is 0.761. The highest BCUT2D eigenvalue weighted by Crippen LogP contribution is 2.13. The second-order valence-electron chi connectivity index (χ2n) is 3.08. The number of methoxy groups -OCH3 is 1. The highest BCUT2D eigenvalue weighted by molar-refractivity contribution is 5.61. The molecule has 0 spiro atoms. The van der Waals surface area contributed by atoms with Crippen LogP contribution in [0.25, 0.3) is 12.3 Å². The lowest BCUT2D eigenvalue weighted by atomic mass is 10.2. The molecule has 0 aliphatic rings. The molecule has 2 aromatic rings. The first-order valence-electron chi connectivity index (χ1n) is 4.70. The van der Waals surface area contributed by atoms with Crippen LogP contribution < -0.4 is 4.74 Å². The van der Waals surface area contributed by atoms with Crippen molar-refractivity contribution in [3.05, 3.63) is 48.3 Å². The molecule has 1 aromatic carbocycles. The molecule has 0 saturated heterocycles. The predicted molar refractivity (Wildman–Crippen MR) is 60.4 cm³/mol. The van der Waals surface area contributed by atoms with E-state index in [1.54, 1.807) is 18.0 Å². The molecule has 0 fully saturated rings. The summed E-state index contributed by atoms with van der Waals surface area (Å²) in [5.41, 5.74) is 1.09. The van der Waals surface area contributed by atoms with Crippen molar-refractivity contribution in [2.75, 3.05) is 7.11 Å². The normalized spacial score (nSPS) is 10.7. The van der Waals surface area contributed by atoms with Gasteiger partial charge in [0.05, 0.1) is 7.11 Å². The van der Waals surface area contributed by atoms with Gasteiger partial charge in [-0.1, -0.05) is 12.1 Å². The Morgan fingerprint density at radius 3 is 3.00 bits per heavy atom. The van der Waals surface area contributed by atoms with Crippen LogP contribution in [0.5, 0.6) is 5.75 Å². The highest BCUT2D eigenvalue weighted by Gasteiger charge is 1.91. The topological polar surface area (TPSA) is 27.1 Å². The number of benzene rings is 1. The van der Waals surface area contributed by atoms with Crippen molar-refractivity contribution in [2.45, 2.75) is 0 Å². The SMILES string of the molecule is COc1cccc(C=Cn2cccn2)c1. The van der Waals surface area contributed by atoms with Crippen molar-refractivity contribution in [1.82, 2.24) is 9.78 Å². The van der Waals surface area contributed by atoms with E-state index in [-0.39, 0.29) is 0 Å². The summed E-state index contributed by atoms with van der Waals surface area (Å²) < 4.78 is 6.89. The molecular formula is C12H12N2O. The molecule has 0 atom stereocenters. The van der Waals surface area contributed by atoms with Gasteiger partial charge >= 0.3 is 0 Å². The molecule has 0 saturated carbocycles. The zero-order chi connectivity index (χ0) is 10.5. The average molecular weight is 200 g/mol. The molecule has 15 heavy (non-hydrogen) atoms. The molecular weight excluding hydrogens is 188 g/mol. The molecule has 0 radical (unpaired) electrons. The molecule has 2 rings (SSSR count). The first-order valence-corrected chi connectivity index (χ1v) is 4.70. The average Bonchev–Trinajstić information content (AvgIpc) is 2.79. The minimum Gasteiger partial charge on any atom is -0.497 e. The van der Waals surface area contributed by atoms with Crippen LogP contribution in [0.1, 0.15) is 5.56 Å². The van der Waals surface area contributed by atoms with Crippen LogP contribution in [0.4, 0.5) is 0 Å². The zero-order valence-corrected chi connectivity index (χ0v) is 8.50. The fraction of sp³-hybridized carbons (Fsp3) is 0.0833. The Kier molecular flexibility index (Phi) is 2.83. The maximum absolute atomic E-state index is 5.14. The summed E-state index contributed by atoms with van der Waals surface area (Å²) in [7, 11) is 1.66. The summed E-state index contributed by atoms with van der Waals surface area (Å²) in [5.74, 6) is 0.859. The molecule has 1 heterocycles. The van der Waals surface area contributed by atoms with E-state index in [1.807, 2.05) is 48.8 Å². The van der Waals surface area contributed by atoms with Gasteiger partial charge in [-0.2, -0.15) is 5.10 Å². The van der Waals surface area contributed by atoms with E-state index in [9.17, 15) is 0 Å². The molecule has 3 heteroatoms. The van der Waals surface area contributed by atoms with Gasteiger partial charge in [-0.05, 0) is 29.8 Å². The standard InChI is InChI=1S/C12H12N2O/c1-15-12-5-2-4-11(10-12)6-9-14-8-3-7-13-14/h2-10H,1H3. The van der Waals surface area contributed by atoms with Gasteiger partial charge in [0.2, 0.25) is 0 Å². The van der Waals surface area contributed by atoms with Gasteiger partial charge in [0.15, 0.2) is 0 Å². The van der Waals surface area contributed by atoms with Gasteiger partial charge in [0.25, 0.3) is 0 Å². The Balaban J connectivity index is 2.17. The first-order chi connectivity index (χ1) is 7.38. The molecule has 3 nitrogen and oxygen atoms in total. The fourth-order valence-corrected chi connectivity index (χ4v) is 1.28. The molecule has 76 valence electrons. The molecule has 0 aliphatic heterocycles. The van der Waals surface area contributed by atoms with Gasteiger partial charge in [-0.15, -0.1) is 0 Å². The lowest BCUT2D eigenvalue weighted by Crippen LogP contribution is -1.85. The Morgan fingerprint density at radius 2 is 2.27 bits per heavy atom. The summed E-state index contributed by atoms with van der Waals surface area (Å²) in [5, 5.41) is 4.07. The van der Waals surface area contributed by atoms with Crippen LogP contribution in [-0.4, -0.2) is 16.9 Å². The van der Waals surface area contributed by atoms with Crippen LogP contribution >= 0.6 is 0 Å². The van der Waals surface area contributed by atoms with Crippen molar-refractivity contribution in [3.8, 4) is 5.75 Å². The second kappa shape index (κ2) is 4.46. The predicted octanol–water partition coefficient (Wildman–Crippen LogP) is 2.52. The monoisotopic (exact) mass is 200 g/mol. The Hall–Kier alpha value is -2.03. The zero-order valence-electron chi connectivity index (χ0n) is 8.50. The number of ether oxygens (including phenoxy) is 1. The van der Waals surface area contributed by atoms with E-state index >= 15 is 0 Å². The van der Waals surface area contributed by atoms with Crippen LogP contribution in [0.3, 0.4) is 0 Å². The van der Waals surface area contributed by atoms with E-state index in [4.69, 9.17) is 4.74 Å². The number of hydrogen-bond acceptors (Lipinski definition) is 2. The van der Waals surface area contributed by atoms with Gasteiger partial charge < -0.3 is 4.74 Å². The maximum atomic E-state index is 5.14.